The molecule has 0 aliphatic heterocycles. The lowest BCUT2D eigenvalue weighted by atomic mass is 10.2. The Kier molecular flexibility index (Phi) is 7.25. The number of hydrogen-bond acceptors (Lipinski definition) is 4. The van der Waals surface area contributed by atoms with Gasteiger partial charge in [-0.15, -0.1) is 11.8 Å². The minimum Gasteiger partial charge on any atom is -0.347 e. The molecule has 0 saturated heterocycles. The quantitative estimate of drug-likeness (QED) is 0.765. The number of thioether (sulfide) groups is 1. The zero-order valence-electron chi connectivity index (χ0n) is 13.0. The Hall–Kier alpha value is -1.53. The molecule has 0 unspecified atom stereocenters. The standard InChI is InChI=1S/C15H23N3O2S/c1-17(2)15(20)9-16-14(19)11-18(3)10-12-5-7-13(21-4)8-6-12/h5-8H,9-11H2,1-4H3,(H,16,19). The summed E-state index contributed by atoms with van der Waals surface area (Å²) in [6, 6.07) is 8.28. The highest BCUT2D eigenvalue weighted by Crippen LogP contribution is 2.15. The van der Waals surface area contributed by atoms with Crippen LogP contribution in [0.15, 0.2) is 29.2 Å². The number of rotatable bonds is 7. The van der Waals surface area contributed by atoms with Crippen molar-refractivity contribution in [2.24, 2.45) is 0 Å². The van der Waals surface area contributed by atoms with Gasteiger partial charge in [0.15, 0.2) is 0 Å². The molecule has 0 aliphatic rings. The minimum absolute atomic E-state index is 0.0437. The lowest BCUT2D eigenvalue weighted by molar-refractivity contribution is -0.131. The average Bonchev–Trinajstić information content (AvgIpc) is 2.45. The van der Waals surface area contributed by atoms with Crippen LogP contribution < -0.4 is 5.32 Å². The van der Waals surface area contributed by atoms with Crippen LogP contribution in [-0.2, 0) is 16.1 Å². The summed E-state index contributed by atoms with van der Waals surface area (Å²) in [5.74, 6) is -0.257. The maximum absolute atomic E-state index is 11.7. The van der Waals surface area contributed by atoms with Gasteiger partial charge in [0, 0.05) is 25.5 Å². The highest BCUT2D eigenvalue weighted by atomic mass is 32.2. The highest BCUT2D eigenvalue weighted by molar-refractivity contribution is 7.98. The number of nitrogens with one attached hydrogen (secondary N) is 1. The van der Waals surface area contributed by atoms with Crippen LogP contribution >= 0.6 is 11.8 Å². The zero-order valence-corrected chi connectivity index (χ0v) is 13.9. The monoisotopic (exact) mass is 309 g/mol. The molecule has 116 valence electrons. The van der Waals surface area contributed by atoms with Crippen LogP contribution in [0.3, 0.4) is 0 Å². The molecule has 0 aromatic heterocycles. The Morgan fingerprint density at radius 1 is 1.14 bits per heavy atom. The van der Waals surface area contributed by atoms with Crippen LogP contribution in [-0.4, -0.2) is 62.1 Å². The number of amides is 2. The molecule has 0 saturated carbocycles. The third kappa shape index (κ3) is 6.64. The van der Waals surface area contributed by atoms with Gasteiger partial charge in [-0.25, -0.2) is 0 Å². The normalized spacial score (nSPS) is 10.5. The SMILES string of the molecule is CSc1ccc(CN(C)CC(=O)NCC(=O)N(C)C)cc1. The smallest absolute Gasteiger partial charge is 0.241 e. The van der Waals surface area contributed by atoms with Crippen LogP contribution in [0.25, 0.3) is 0 Å². The van der Waals surface area contributed by atoms with Gasteiger partial charge < -0.3 is 10.2 Å². The molecule has 0 bridgehead atoms. The Morgan fingerprint density at radius 2 is 1.76 bits per heavy atom. The van der Waals surface area contributed by atoms with E-state index in [9.17, 15) is 9.59 Å². The second-order valence-corrected chi connectivity index (χ2v) is 5.96. The topological polar surface area (TPSA) is 52.7 Å². The number of carbonyl (C=O) groups is 2. The van der Waals surface area contributed by atoms with Gasteiger partial charge in [0.25, 0.3) is 0 Å². The van der Waals surface area contributed by atoms with Gasteiger partial charge in [0.2, 0.25) is 11.8 Å². The van der Waals surface area contributed by atoms with E-state index in [1.807, 2.05) is 18.2 Å². The predicted octanol–water partition coefficient (Wildman–Crippen LogP) is 1.04. The van der Waals surface area contributed by atoms with Crippen molar-refractivity contribution >= 4 is 23.6 Å². The van der Waals surface area contributed by atoms with Gasteiger partial charge in [-0.1, -0.05) is 12.1 Å². The predicted molar refractivity (Wildman–Crippen MR) is 86.3 cm³/mol. The van der Waals surface area contributed by atoms with Crippen molar-refractivity contribution in [1.82, 2.24) is 15.1 Å². The Bertz CT molecular complexity index is 474. The lowest BCUT2D eigenvalue weighted by Gasteiger charge is -2.17. The van der Waals surface area contributed by atoms with Gasteiger partial charge in [-0.2, -0.15) is 0 Å². The average molecular weight is 309 g/mol. The van der Waals surface area contributed by atoms with E-state index in [1.165, 1.54) is 9.80 Å². The van der Waals surface area contributed by atoms with Gasteiger partial charge in [0.1, 0.15) is 0 Å². The number of likely N-dealkylation sites (N-methyl/N-ethyl adjacent to an activating group) is 2. The molecule has 2 amide bonds. The molecule has 1 rings (SSSR count). The van der Waals surface area contributed by atoms with Crippen molar-refractivity contribution in [3.05, 3.63) is 29.8 Å². The van der Waals surface area contributed by atoms with Crippen LogP contribution in [0.4, 0.5) is 0 Å². The number of benzene rings is 1. The van der Waals surface area contributed by atoms with E-state index < -0.39 is 0 Å². The fourth-order valence-electron chi connectivity index (χ4n) is 1.73. The van der Waals surface area contributed by atoms with E-state index in [0.717, 1.165) is 5.56 Å². The fourth-order valence-corrected chi connectivity index (χ4v) is 2.14. The maximum Gasteiger partial charge on any atom is 0.241 e. The number of carbonyl (C=O) groups excluding carboxylic acids is 2. The summed E-state index contributed by atoms with van der Waals surface area (Å²) < 4.78 is 0. The summed E-state index contributed by atoms with van der Waals surface area (Å²) >= 11 is 1.70. The molecule has 0 fully saturated rings. The molecule has 21 heavy (non-hydrogen) atoms. The molecule has 1 N–H and O–H groups in total. The highest BCUT2D eigenvalue weighted by Gasteiger charge is 2.10. The van der Waals surface area contributed by atoms with Crippen molar-refractivity contribution in [2.45, 2.75) is 11.4 Å². The molecule has 0 spiro atoms. The summed E-state index contributed by atoms with van der Waals surface area (Å²) in [4.78, 5) is 27.7. The first-order valence-electron chi connectivity index (χ1n) is 6.70. The molecule has 5 nitrogen and oxygen atoms in total. The maximum atomic E-state index is 11.7. The van der Waals surface area contributed by atoms with E-state index in [4.69, 9.17) is 0 Å². The van der Waals surface area contributed by atoms with Gasteiger partial charge in [-0.3, -0.25) is 14.5 Å². The summed E-state index contributed by atoms with van der Waals surface area (Å²) in [7, 11) is 5.22. The van der Waals surface area contributed by atoms with Gasteiger partial charge >= 0.3 is 0 Å². The minimum atomic E-state index is -0.145. The lowest BCUT2D eigenvalue weighted by Crippen LogP contribution is -2.40. The van der Waals surface area contributed by atoms with E-state index >= 15 is 0 Å². The first kappa shape index (κ1) is 17.5. The molecule has 1 aromatic rings. The zero-order chi connectivity index (χ0) is 15.8. The molecule has 1 aromatic carbocycles. The van der Waals surface area contributed by atoms with Crippen molar-refractivity contribution in [2.75, 3.05) is 40.5 Å². The van der Waals surface area contributed by atoms with Crippen LogP contribution in [0.2, 0.25) is 0 Å². The molecule has 6 heteroatoms. The van der Waals surface area contributed by atoms with Crippen LogP contribution in [0.1, 0.15) is 5.56 Å². The van der Waals surface area contributed by atoms with E-state index in [2.05, 4.69) is 29.6 Å². The first-order chi connectivity index (χ1) is 9.92. The Morgan fingerprint density at radius 3 is 2.29 bits per heavy atom. The van der Waals surface area contributed by atoms with Crippen LogP contribution in [0, 0.1) is 0 Å². The summed E-state index contributed by atoms with van der Waals surface area (Å²) in [5, 5.41) is 2.62. The van der Waals surface area contributed by atoms with Crippen LogP contribution in [0.5, 0.6) is 0 Å². The Labute approximate surface area is 130 Å². The van der Waals surface area contributed by atoms with Crippen molar-refractivity contribution in [1.29, 1.82) is 0 Å². The van der Waals surface area contributed by atoms with E-state index in [1.54, 1.807) is 25.9 Å². The summed E-state index contributed by atoms with van der Waals surface area (Å²) in [5.41, 5.74) is 1.16. The molecule has 0 radical (unpaired) electrons. The number of hydrogen-bond donors (Lipinski definition) is 1. The summed E-state index contributed by atoms with van der Waals surface area (Å²) in [6.45, 7) is 1.01. The third-order valence-electron chi connectivity index (χ3n) is 2.96. The molecule has 0 atom stereocenters. The van der Waals surface area contributed by atoms with Crippen molar-refractivity contribution in [3.8, 4) is 0 Å². The molecular weight excluding hydrogens is 286 g/mol. The second kappa shape index (κ2) is 8.69. The fraction of sp³-hybridized carbons (Fsp3) is 0.467. The third-order valence-corrected chi connectivity index (χ3v) is 3.70. The second-order valence-electron chi connectivity index (χ2n) is 5.09. The largest absolute Gasteiger partial charge is 0.347 e. The summed E-state index contributed by atoms with van der Waals surface area (Å²) in [6.07, 6.45) is 2.04. The molecule has 0 heterocycles. The molecule has 0 aliphatic carbocycles. The van der Waals surface area contributed by atoms with Gasteiger partial charge in [0.05, 0.1) is 13.1 Å². The van der Waals surface area contributed by atoms with Gasteiger partial charge in [-0.05, 0) is 31.0 Å². The number of nitrogens with zero attached hydrogens (tertiary/aromatic N) is 2. The Balaban J connectivity index is 2.36. The first-order valence-corrected chi connectivity index (χ1v) is 7.93. The van der Waals surface area contributed by atoms with E-state index in [-0.39, 0.29) is 24.9 Å². The van der Waals surface area contributed by atoms with E-state index in [0.29, 0.717) is 6.54 Å². The van der Waals surface area contributed by atoms with Crippen molar-refractivity contribution in [3.63, 3.8) is 0 Å². The van der Waals surface area contributed by atoms with Crippen molar-refractivity contribution < 1.29 is 9.59 Å². The molecular formula is C15H23N3O2S.